The molecular weight excluding hydrogens is 164 g/mol. The molecule has 0 aliphatic rings. The fourth-order valence-electron chi connectivity index (χ4n) is 0.168. The van der Waals surface area contributed by atoms with Gasteiger partial charge in [0.15, 0.2) is 0 Å². The van der Waals surface area contributed by atoms with Gasteiger partial charge in [0.05, 0.1) is 4.58 Å². The van der Waals surface area contributed by atoms with Gasteiger partial charge in [-0.25, -0.2) is 0 Å². The molecule has 4 heteroatoms. The van der Waals surface area contributed by atoms with Crippen molar-refractivity contribution in [3.05, 3.63) is 0 Å². The van der Waals surface area contributed by atoms with E-state index in [1.54, 1.807) is 21.6 Å². The summed E-state index contributed by atoms with van der Waals surface area (Å²) in [5.41, 5.74) is 0. The van der Waals surface area contributed by atoms with Gasteiger partial charge in [-0.2, -0.15) is 0 Å². The van der Waals surface area contributed by atoms with Crippen LogP contribution in [0, 0.1) is 0 Å². The Hall–Kier alpha value is 1.40. The molecule has 0 spiro atoms. The zero-order valence-corrected chi connectivity index (χ0v) is 7.42. The third-order valence-corrected chi connectivity index (χ3v) is 4.67. The van der Waals surface area contributed by atoms with Crippen molar-refractivity contribution in [1.29, 1.82) is 0 Å². The largest absolute Gasteiger partial charge is 0.110 e. The predicted octanol–water partition coefficient (Wildman–Crippen LogP) is 2.88. The van der Waals surface area contributed by atoms with Crippen molar-refractivity contribution in [3.63, 3.8) is 0 Å². The van der Waals surface area contributed by atoms with E-state index < -0.39 is 0 Å². The summed E-state index contributed by atoms with van der Waals surface area (Å²) in [6.07, 6.45) is 1.13. The van der Waals surface area contributed by atoms with Crippen LogP contribution in [0.25, 0.3) is 0 Å². The van der Waals surface area contributed by atoms with Crippen molar-refractivity contribution in [2.45, 2.75) is 17.9 Å². The summed E-state index contributed by atoms with van der Waals surface area (Å²) in [7, 11) is 3.10. The SMILES string of the molecule is CCC(SS)SS. The summed E-state index contributed by atoms with van der Waals surface area (Å²) in [5.74, 6) is 0. The van der Waals surface area contributed by atoms with E-state index in [-0.39, 0.29) is 0 Å². The van der Waals surface area contributed by atoms with Crippen molar-refractivity contribution >= 4 is 44.9 Å². The van der Waals surface area contributed by atoms with Crippen LogP contribution in [0.4, 0.5) is 0 Å². The van der Waals surface area contributed by atoms with Crippen molar-refractivity contribution in [2.24, 2.45) is 0 Å². The van der Waals surface area contributed by atoms with Crippen LogP contribution >= 0.6 is 44.9 Å². The number of thiol groups is 2. The first kappa shape index (κ1) is 8.40. The average Bonchev–Trinajstić information content (AvgIpc) is 1.72. The summed E-state index contributed by atoms with van der Waals surface area (Å²) in [6.45, 7) is 2.12. The molecule has 0 bridgehead atoms. The van der Waals surface area contributed by atoms with E-state index in [9.17, 15) is 0 Å². The molecule has 0 atom stereocenters. The molecule has 44 valence electrons. The molecule has 0 saturated carbocycles. The highest BCUT2D eigenvalue weighted by atomic mass is 33.1. The first-order chi connectivity index (χ1) is 3.35. The Bertz CT molecular complexity index is 28.4. The minimum absolute atomic E-state index is 0.548. The smallest absolute Gasteiger partial charge is 0.0702 e. The molecule has 0 saturated heterocycles. The maximum atomic E-state index is 4.02. The van der Waals surface area contributed by atoms with Gasteiger partial charge in [-0.3, -0.25) is 0 Å². The molecular formula is C3H8S4. The van der Waals surface area contributed by atoms with Gasteiger partial charge in [-0.1, -0.05) is 28.5 Å². The summed E-state index contributed by atoms with van der Waals surface area (Å²) in [4.78, 5) is 0. The summed E-state index contributed by atoms with van der Waals surface area (Å²) in [5, 5.41) is 0. The minimum Gasteiger partial charge on any atom is -0.110 e. The highest BCUT2D eigenvalue weighted by Gasteiger charge is 1.99. The van der Waals surface area contributed by atoms with E-state index in [0.29, 0.717) is 4.58 Å². The maximum Gasteiger partial charge on any atom is 0.0702 e. The second-order valence-corrected chi connectivity index (χ2v) is 4.17. The van der Waals surface area contributed by atoms with Gasteiger partial charge >= 0.3 is 0 Å². The molecule has 0 aliphatic heterocycles. The van der Waals surface area contributed by atoms with E-state index >= 15 is 0 Å². The van der Waals surface area contributed by atoms with Gasteiger partial charge in [0, 0.05) is 0 Å². The van der Waals surface area contributed by atoms with Gasteiger partial charge in [-0.15, -0.1) is 23.3 Å². The van der Waals surface area contributed by atoms with E-state index in [0.717, 1.165) is 6.42 Å². The molecule has 0 fully saturated rings. The second kappa shape index (κ2) is 5.54. The zero-order valence-electron chi connectivity index (χ0n) is 4.00. The Kier molecular flexibility index (Phi) is 6.64. The monoisotopic (exact) mass is 172 g/mol. The second-order valence-electron chi connectivity index (χ2n) is 1.05. The van der Waals surface area contributed by atoms with E-state index in [1.165, 1.54) is 0 Å². The Morgan fingerprint density at radius 1 is 1.43 bits per heavy atom. The molecule has 0 heterocycles. The maximum absolute atomic E-state index is 4.02. The Morgan fingerprint density at radius 2 is 1.86 bits per heavy atom. The molecule has 0 aliphatic carbocycles. The van der Waals surface area contributed by atoms with Gasteiger partial charge < -0.3 is 0 Å². The lowest BCUT2D eigenvalue weighted by molar-refractivity contribution is 1.07. The Balaban J connectivity index is 2.99. The van der Waals surface area contributed by atoms with Gasteiger partial charge in [-0.05, 0) is 6.42 Å². The Labute approximate surface area is 62.8 Å². The lowest BCUT2D eigenvalue weighted by atomic mass is 10.6. The van der Waals surface area contributed by atoms with Crippen LogP contribution in [0.3, 0.4) is 0 Å². The van der Waals surface area contributed by atoms with Crippen LogP contribution in [0.2, 0.25) is 0 Å². The lowest BCUT2D eigenvalue weighted by Crippen LogP contribution is -1.84. The van der Waals surface area contributed by atoms with Gasteiger partial charge in [0.25, 0.3) is 0 Å². The summed E-state index contributed by atoms with van der Waals surface area (Å²) < 4.78 is 0.548. The molecule has 0 unspecified atom stereocenters. The van der Waals surface area contributed by atoms with E-state index in [4.69, 9.17) is 0 Å². The number of rotatable bonds is 3. The van der Waals surface area contributed by atoms with Crippen molar-refractivity contribution in [3.8, 4) is 0 Å². The van der Waals surface area contributed by atoms with E-state index in [1.807, 2.05) is 0 Å². The third-order valence-electron chi connectivity index (χ3n) is 0.568. The molecule has 0 aromatic heterocycles. The summed E-state index contributed by atoms with van der Waals surface area (Å²) >= 11 is 8.05. The van der Waals surface area contributed by atoms with Crippen molar-refractivity contribution < 1.29 is 0 Å². The molecule has 7 heavy (non-hydrogen) atoms. The third kappa shape index (κ3) is 3.94. The first-order valence-corrected chi connectivity index (χ1v) is 5.82. The number of hydrogen-bond donors (Lipinski definition) is 2. The van der Waals surface area contributed by atoms with Crippen LogP contribution in [0.5, 0.6) is 0 Å². The standard InChI is InChI=1S/C3H8S4/c1-2-3(6-4)7-5/h3-5H,2H2,1H3. The zero-order chi connectivity index (χ0) is 5.70. The van der Waals surface area contributed by atoms with Gasteiger partial charge in [0.2, 0.25) is 0 Å². The predicted molar refractivity (Wildman–Crippen MR) is 47.2 cm³/mol. The molecule has 0 N–H and O–H groups in total. The van der Waals surface area contributed by atoms with Gasteiger partial charge in [0.1, 0.15) is 0 Å². The fraction of sp³-hybridized carbons (Fsp3) is 1.00. The Morgan fingerprint density at radius 3 is 1.86 bits per heavy atom. The molecule has 0 aromatic rings. The number of hydrogen-bond acceptors (Lipinski definition) is 4. The van der Waals surface area contributed by atoms with Crippen LogP contribution in [0.15, 0.2) is 0 Å². The molecule has 0 rings (SSSR count). The molecule has 0 amide bonds. The molecule has 0 radical (unpaired) electrons. The van der Waals surface area contributed by atoms with Crippen molar-refractivity contribution in [1.82, 2.24) is 0 Å². The average molecular weight is 172 g/mol. The molecule has 0 aromatic carbocycles. The van der Waals surface area contributed by atoms with Crippen LogP contribution in [-0.4, -0.2) is 4.58 Å². The van der Waals surface area contributed by atoms with Crippen LogP contribution < -0.4 is 0 Å². The minimum atomic E-state index is 0.548. The fourth-order valence-corrected chi connectivity index (χ4v) is 2.90. The van der Waals surface area contributed by atoms with E-state index in [2.05, 4.69) is 30.2 Å². The van der Waals surface area contributed by atoms with Crippen LogP contribution in [-0.2, 0) is 0 Å². The van der Waals surface area contributed by atoms with Crippen molar-refractivity contribution in [2.75, 3.05) is 0 Å². The lowest BCUT2D eigenvalue weighted by Gasteiger charge is -2.02. The van der Waals surface area contributed by atoms with Crippen LogP contribution in [0.1, 0.15) is 13.3 Å². The molecule has 0 nitrogen and oxygen atoms in total. The highest BCUT2D eigenvalue weighted by molar-refractivity contribution is 8.78. The quantitative estimate of drug-likeness (QED) is 0.382. The highest BCUT2D eigenvalue weighted by Crippen LogP contribution is 2.30. The topological polar surface area (TPSA) is 0 Å². The summed E-state index contributed by atoms with van der Waals surface area (Å²) in [6, 6.07) is 0. The normalized spacial score (nSPS) is 10.3. The first-order valence-electron chi connectivity index (χ1n) is 1.95.